The molecule has 0 saturated heterocycles. The molecule has 7 nitrogen and oxygen atoms in total. The number of primary amides is 1. The van der Waals surface area contributed by atoms with Crippen molar-refractivity contribution >= 4 is 17.7 Å². The molecule has 0 aliphatic carbocycles. The highest BCUT2D eigenvalue weighted by molar-refractivity contribution is 5.95. The number of hydrogen-bond acceptors (Lipinski definition) is 5. The van der Waals surface area contributed by atoms with Gasteiger partial charge in [0, 0.05) is 11.1 Å². The van der Waals surface area contributed by atoms with Crippen LogP contribution in [0.1, 0.15) is 46.5 Å². The van der Waals surface area contributed by atoms with Crippen LogP contribution in [0.25, 0.3) is 0 Å². The molecule has 0 radical (unpaired) electrons. The molecule has 27 heavy (non-hydrogen) atoms. The second-order valence-corrected chi connectivity index (χ2v) is 5.45. The predicted molar refractivity (Wildman–Crippen MR) is 104 cm³/mol. The molecule has 2 rings (SSSR count). The Hall–Kier alpha value is -3.35. The lowest BCUT2D eigenvalue weighted by atomic mass is 10.1. The van der Waals surface area contributed by atoms with E-state index in [9.17, 15) is 9.59 Å². The average Bonchev–Trinajstić information content (AvgIpc) is 2.67. The first-order chi connectivity index (χ1) is 12.9. The molecule has 0 spiro atoms. The highest BCUT2D eigenvalue weighted by Crippen LogP contribution is 2.12. The number of benzene rings is 2. The van der Waals surface area contributed by atoms with Crippen LogP contribution in [0.3, 0.4) is 0 Å². The van der Waals surface area contributed by atoms with Gasteiger partial charge in [0.25, 0.3) is 0 Å². The summed E-state index contributed by atoms with van der Waals surface area (Å²) < 4.78 is 10.2. The molecule has 0 heterocycles. The fraction of sp³-hybridized carbons (Fsp3) is 0.250. The minimum absolute atomic E-state index is 0.0712. The average molecular weight is 371 g/mol. The van der Waals surface area contributed by atoms with E-state index in [1.807, 2.05) is 12.1 Å². The molecule has 1 amide bonds. The van der Waals surface area contributed by atoms with E-state index in [0.717, 1.165) is 12.2 Å². The van der Waals surface area contributed by atoms with Crippen molar-refractivity contribution in [1.82, 2.24) is 0 Å². The van der Waals surface area contributed by atoms with Gasteiger partial charge in [0.05, 0.1) is 18.8 Å². The third kappa shape index (κ3) is 7.60. The summed E-state index contributed by atoms with van der Waals surface area (Å²) >= 11 is 0. The number of rotatable bonds is 7. The zero-order valence-corrected chi connectivity index (χ0v) is 15.5. The normalized spacial score (nSPS) is 9.56. The lowest BCUT2D eigenvalue weighted by molar-refractivity contribution is 0.0526. The fourth-order valence-corrected chi connectivity index (χ4v) is 1.96. The van der Waals surface area contributed by atoms with Gasteiger partial charge in [-0.25, -0.2) is 4.79 Å². The van der Waals surface area contributed by atoms with Crippen molar-refractivity contribution in [3.05, 3.63) is 65.2 Å². The standard InChI is InChI=1S/C10H14N2O.C10H11NO3/c1-2-6-13-9-5-3-4-8(7-9)10(11)12;1-2-14-10(13)8-5-3-7(4-6-8)9(11)12/h3-5,7H,2,6H2,1H3,(H3,11,12);3-6H,2H2,1H3,(H2,11,12). The first-order valence-electron chi connectivity index (χ1n) is 8.53. The van der Waals surface area contributed by atoms with Gasteiger partial charge in [0.1, 0.15) is 11.6 Å². The minimum atomic E-state index is -0.514. The highest BCUT2D eigenvalue weighted by Gasteiger charge is 2.06. The third-order valence-electron chi connectivity index (χ3n) is 3.30. The summed E-state index contributed by atoms with van der Waals surface area (Å²) in [7, 11) is 0. The number of ether oxygens (including phenoxy) is 2. The summed E-state index contributed by atoms with van der Waals surface area (Å²) in [6.45, 7) is 4.81. The molecule has 0 bridgehead atoms. The summed E-state index contributed by atoms with van der Waals surface area (Å²) in [6.07, 6.45) is 0.976. The topological polar surface area (TPSA) is 128 Å². The van der Waals surface area contributed by atoms with E-state index in [2.05, 4.69) is 6.92 Å². The number of esters is 1. The van der Waals surface area contributed by atoms with Crippen LogP contribution >= 0.6 is 0 Å². The highest BCUT2D eigenvalue weighted by atomic mass is 16.5. The van der Waals surface area contributed by atoms with Crippen LogP contribution in [-0.2, 0) is 4.74 Å². The van der Waals surface area contributed by atoms with E-state index in [4.69, 9.17) is 26.4 Å². The molecule has 0 aliphatic rings. The molecule has 0 atom stereocenters. The van der Waals surface area contributed by atoms with Crippen LogP contribution in [0.2, 0.25) is 0 Å². The third-order valence-corrected chi connectivity index (χ3v) is 3.30. The molecular weight excluding hydrogens is 346 g/mol. The van der Waals surface area contributed by atoms with Crippen molar-refractivity contribution in [1.29, 1.82) is 5.41 Å². The van der Waals surface area contributed by atoms with Crippen LogP contribution in [-0.4, -0.2) is 30.9 Å². The molecular formula is C20H25N3O4. The Balaban J connectivity index is 0.000000271. The molecule has 2 aromatic rings. The summed E-state index contributed by atoms with van der Waals surface area (Å²) in [4.78, 5) is 21.9. The summed E-state index contributed by atoms with van der Waals surface area (Å²) in [6, 6.07) is 13.3. The lowest BCUT2D eigenvalue weighted by Gasteiger charge is -2.05. The molecule has 2 aromatic carbocycles. The van der Waals surface area contributed by atoms with Crippen molar-refractivity contribution in [3.63, 3.8) is 0 Å². The fourth-order valence-electron chi connectivity index (χ4n) is 1.96. The second kappa shape index (κ2) is 11.3. The zero-order chi connectivity index (χ0) is 20.2. The Labute approximate surface area is 158 Å². The maximum absolute atomic E-state index is 11.2. The number of nitrogens with two attached hydrogens (primary N) is 2. The van der Waals surface area contributed by atoms with Crippen molar-refractivity contribution < 1.29 is 19.1 Å². The van der Waals surface area contributed by atoms with Crippen LogP contribution in [0, 0.1) is 5.41 Å². The van der Waals surface area contributed by atoms with Crippen molar-refractivity contribution in [3.8, 4) is 5.75 Å². The largest absolute Gasteiger partial charge is 0.494 e. The zero-order valence-electron chi connectivity index (χ0n) is 15.5. The van der Waals surface area contributed by atoms with E-state index in [0.29, 0.717) is 29.9 Å². The van der Waals surface area contributed by atoms with Crippen LogP contribution in [0.5, 0.6) is 5.75 Å². The molecule has 5 N–H and O–H groups in total. The predicted octanol–water partition coefficient (Wildman–Crippen LogP) is 2.72. The van der Waals surface area contributed by atoms with Gasteiger partial charge in [-0.2, -0.15) is 0 Å². The Morgan fingerprint density at radius 3 is 2.11 bits per heavy atom. The molecule has 0 saturated carbocycles. The number of hydrogen-bond donors (Lipinski definition) is 3. The quantitative estimate of drug-likeness (QED) is 0.391. The molecule has 0 aliphatic heterocycles. The Morgan fingerprint density at radius 2 is 1.59 bits per heavy atom. The van der Waals surface area contributed by atoms with Gasteiger partial charge >= 0.3 is 5.97 Å². The van der Waals surface area contributed by atoms with Gasteiger partial charge in [-0.1, -0.05) is 19.1 Å². The van der Waals surface area contributed by atoms with E-state index < -0.39 is 11.9 Å². The molecule has 0 fully saturated rings. The van der Waals surface area contributed by atoms with E-state index in [-0.39, 0.29) is 5.84 Å². The summed E-state index contributed by atoms with van der Waals surface area (Å²) in [5.41, 5.74) is 11.9. The summed E-state index contributed by atoms with van der Waals surface area (Å²) in [5.74, 6) is -0.0690. The van der Waals surface area contributed by atoms with Crippen molar-refractivity contribution in [2.75, 3.05) is 13.2 Å². The molecule has 7 heteroatoms. The monoisotopic (exact) mass is 371 g/mol. The smallest absolute Gasteiger partial charge is 0.338 e. The van der Waals surface area contributed by atoms with Crippen LogP contribution in [0.15, 0.2) is 48.5 Å². The molecule has 0 aromatic heterocycles. The van der Waals surface area contributed by atoms with E-state index in [1.54, 1.807) is 19.1 Å². The number of carbonyl (C=O) groups excluding carboxylic acids is 2. The number of nitrogens with one attached hydrogen (secondary N) is 1. The molecule has 0 unspecified atom stereocenters. The van der Waals surface area contributed by atoms with Crippen LogP contribution in [0.4, 0.5) is 0 Å². The number of amidine groups is 1. The Bertz CT molecular complexity index is 773. The van der Waals surface area contributed by atoms with E-state index in [1.165, 1.54) is 24.3 Å². The Kier molecular flexibility index (Phi) is 9.08. The number of amides is 1. The first-order valence-corrected chi connectivity index (χ1v) is 8.53. The van der Waals surface area contributed by atoms with Crippen LogP contribution < -0.4 is 16.2 Å². The maximum Gasteiger partial charge on any atom is 0.338 e. The van der Waals surface area contributed by atoms with Gasteiger partial charge in [0.15, 0.2) is 0 Å². The van der Waals surface area contributed by atoms with Gasteiger partial charge in [0.2, 0.25) is 5.91 Å². The SMILES string of the molecule is CCCOc1cccc(C(=N)N)c1.CCOC(=O)c1ccc(C(N)=O)cc1. The minimum Gasteiger partial charge on any atom is -0.494 e. The number of carbonyl (C=O) groups is 2. The summed E-state index contributed by atoms with van der Waals surface area (Å²) in [5, 5.41) is 7.23. The van der Waals surface area contributed by atoms with Crippen molar-refractivity contribution in [2.45, 2.75) is 20.3 Å². The van der Waals surface area contributed by atoms with E-state index >= 15 is 0 Å². The van der Waals surface area contributed by atoms with Gasteiger partial charge < -0.3 is 20.9 Å². The lowest BCUT2D eigenvalue weighted by Crippen LogP contribution is -2.11. The number of nitrogen functional groups attached to an aromatic ring is 1. The van der Waals surface area contributed by atoms with Gasteiger partial charge in [-0.3, -0.25) is 10.2 Å². The van der Waals surface area contributed by atoms with Gasteiger partial charge in [-0.15, -0.1) is 0 Å². The first kappa shape index (κ1) is 21.7. The maximum atomic E-state index is 11.2. The molecule has 144 valence electrons. The second-order valence-electron chi connectivity index (χ2n) is 5.45. The van der Waals surface area contributed by atoms with Gasteiger partial charge in [-0.05, 0) is 49.7 Å². The Morgan fingerprint density at radius 1 is 0.963 bits per heavy atom. The van der Waals surface area contributed by atoms with Crippen molar-refractivity contribution in [2.24, 2.45) is 11.5 Å².